The minimum Gasteiger partial charge on any atom is -0.368 e. The molecule has 0 spiro atoms. The first-order valence-electron chi connectivity index (χ1n) is 15.8. The Morgan fingerprint density at radius 1 is 0.787 bits per heavy atom. The van der Waals surface area contributed by atoms with Gasteiger partial charge >= 0.3 is 0 Å². The lowest BCUT2D eigenvalue weighted by molar-refractivity contribution is -0.384. The van der Waals surface area contributed by atoms with Crippen LogP contribution in [0.25, 0.3) is 0 Å². The number of sulfonamides is 1. The first kappa shape index (κ1) is 31.4. The highest BCUT2D eigenvalue weighted by Gasteiger charge is 2.47. The number of anilines is 1. The summed E-state index contributed by atoms with van der Waals surface area (Å²) in [5.74, 6) is -2.04. The van der Waals surface area contributed by atoms with Crippen molar-refractivity contribution in [2.45, 2.75) is 48.7 Å². The van der Waals surface area contributed by atoms with Crippen LogP contribution in [0.1, 0.15) is 46.4 Å². The fraction of sp³-hybridized carbons (Fsp3) is 0.484. The van der Waals surface area contributed by atoms with Crippen LogP contribution in [-0.4, -0.2) is 126 Å². The molecule has 1 N–H and O–H groups in total. The van der Waals surface area contributed by atoms with Crippen molar-refractivity contribution in [3.8, 4) is 0 Å². The second-order valence-electron chi connectivity index (χ2n) is 12.7. The van der Waals surface area contributed by atoms with Gasteiger partial charge in [0, 0.05) is 83.0 Å². The molecule has 5 aliphatic rings. The third kappa shape index (κ3) is 5.58. The third-order valence-electron chi connectivity index (χ3n) is 10.1. The van der Waals surface area contributed by atoms with Crippen molar-refractivity contribution in [2.24, 2.45) is 0 Å². The molecule has 0 aliphatic carbocycles. The summed E-state index contributed by atoms with van der Waals surface area (Å²) in [7, 11) is -3.73. The summed E-state index contributed by atoms with van der Waals surface area (Å²) >= 11 is 0. The zero-order valence-corrected chi connectivity index (χ0v) is 26.4. The maximum atomic E-state index is 13.5. The number of likely N-dealkylation sites (tertiary alicyclic amines) is 1. The first-order chi connectivity index (χ1) is 22.5. The average molecular weight is 666 g/mol. The Morgan fingerprint density at radius 3 is 2.09 bits per heavy atom. The van der Waals surface area contributed by atoms with E-state index >= 15 is 0 Å². The van der Waals surface area contributed by atoms with E-state index in [9.17, 15) is 37.7 Å². The van der Waals surface area contributed by atoms with E-state index in [0.717, 1.165) is 30.8 Å². The van der Waals surface area contributed by atoms with Gasteiger partial charge in [0.2, 0.25) is 21.8 Å². The van der Waals surface area contributed by atoms with Gasteiger partial charge in [0.05, 0.1) is 26.6 Å². The molecule has 47 heavy (non-hydrogen) atoms. The number of imide groups is 2. The number of nitrogens with zero attached hydrogens (tertiary/aromatic N) is 6. The van der Waals surface area contributed by atoms with Crippen molar-refractivity contribution < 1.29 is 32.5 Å². The lowest BCUT2D eigenvalue weighted by atomic mass is 9.96. The molecule has 0 radical (unpaired) electrons. The van der Waals surface area contributed by atoms with E-state index in [-0.39, 0.29) is 29.0 Å². The summed E-state index contributed by atoms with van der Waals surface area (Å²) in [5.41, 5.74) is 1.13. The molecular formula is C31H35N7O8S. The van der Waals surface area contributed by atoms with Crippen LogP contribution in [0.3, 0.4) is 0 Å². The molecule has 0 saturated carbocycles. The molecule has 2 aromatic carbocycles. The Bertz CT molecular complexity index is 1750. The van der Waals surface area contributed by atoms with Crippen molar-refractivity contribution in [2.75, 3.05) is 57.3 Å². The summed E-state index contributed by atoms with van der Waals surface area (Å²) in [4.78, 5) is 69.1. The molecule has 1 unspecified atom stereocenters. The minimum absolute atomic E-state index is 0.0578. The van der Waals surface area contributed by atoms with Crippen LogP contribution in [0.15, 0.2) is 47.4 Å². The van der Waals surface area contributed by atoms with Crippen molar-refractivity contribution in [1.29, 1.82) is 0 Å². The van der Waals surface area contributed by atoms with E-state index in [1.165, 1.54) is 28.6 Å². The van der Waals surface area contributed by atoms with Gasteiger partial charge in [0.25, 0.3) is 17.5 Å². The second-order valence-corrected chi connectivity index (χ2v) is 14.6. The van der Waals surface area contributed by atoms with Crippen LogP contribution >= 0.6 is 0 Å². The smallest absolute Gasteiger partial charge is 0.269 e. The molecular weight excluding hydrogens is 630 g/mol. The Balaban J connectivity index is 0.910. The number of nitro groups is 1. The molecule has 15 nitrogen and oxygen atoms in total. The number of amides is 4. The number of carbonyl (C=O) groups excluding carboxylic acids is 4. The number of nitrogens with one attached hydrogen (secondary N) is 1. The summed E-state index contributed by atoms with van der Waals surface area (Å²) in [6.45, 7) is 5.18. The number of carbonyl (C=O) groups is 4. The molecule has 4 amide bonds. The molecule has 1 atom stereocenters. The summed E-state index contributed by atoms with van der Waals surface area (Å²) in [5, 5.41) is 13.2. The van der Waals surface area contributed by atoms with Gasteiger partial charge < -0.3 is 4.90 Å². The summed E-state index contributed by atoms with van der Waals surface area (Å²) < 4.78 is 27.7. The first-order valence-corrected chi connectivity index (χ1v) is 17.3. The van der Waals surface area contributed by atoms with E-state index in [4.69, 9.17) is 0 Å². The average Bonchev–Trinajstić information content (AvgIpc) is 3.30. The van der Waals surface area contributed by atoms with Gasteiger partial charge in [0.1, 0.15) is 6.04 Å². The quantitative estimate of drug-likeness (QED) is 0.250. The molecule has 2 aromatic rings. The predicted octanol–water partition coefficient (Wildman–Crippen LogP) is 0.656. The molecule has 0 aromatic heterocycles. The molecule has 7 rings (SSSR count). The van der Waals surface area contributed by atoms with Crippen LogP contribution in [0.2, 0.25) is 0 Å². The minimum atomic E-state index is -3.73. The van der Waals surface area contributed by atoms with Gasteiger partial charge in [-0.15, -0.1) is 0 Å². The maximum Gasteiger partial charge on any atom is 0.269 e. The monoisotopic (exact) mass is 665 g/mol. The van der Waals surface area contributed by atoms with Gasteiger partial charge in [-0.2, -0.15) is 4.31 Å². The number of hydrogen-bond acceptors (Lipinski definition) is 11. The number of fused-ring (bicyclic) bond motifs is 1. The van der Waals surface area contributed by atoms with E-state index in [2.05, 4.69) is 20.0 Å². The van der Waals surface area contributed by atoms with Crippen molar-refractivity contribution in [3.05, 3.63) is 63.7 Å². The summed E-state index contributed by atoms with van der Waals surface area (Å²) in [6.07, 6.45) is 2.11. The lowest BCUT2D eigenvalue weighted by Crippen LogP contribution is -2.62. The van der Waals surface area contributed by atoms with Gasteiger partial charge in [-0.1, -0.05) is 6.07 Å². The number of hydrogen-bond donors (Lipinski definition) is 1. The van der Waals surface area contributed by atoms with Gasteiger partial charge in [-0.25, -0.2) is 8.42 Å². The van der Waals surface area contributed by atoms with E-state index in [0.29, 0.717) is 62.6 Å². The number of non-ortho nitro benzene ring substituents is 1. The fourth-order valence-corrected chi connectivity index (χ4v) is 8.88. The largest absolute Gasteiger partial charge is 0.368 e. The number of benzene rings is 2. The molecule has 5 heterocycles. The number of rotatable bonds is 7. The number of nitro benzene ring substituents is 1. The van der Waals surface area contributed by atoms with Gasteiger partial charge in [0.15, 0.2) is 0 Å². The van der Waals surface area contributed by atoms with Gasteiger partial charge in [-0.05, 0) is 43.5 Å². The van der Waals surface area contributed by atoms with Crippen LogP contribution in [-0.2, 0) is 19.6 Å². The predicted molar refractivity (Wildman–Crippen MR) is 167 cm³/mol. The Kier molecular flexibility index (Phi) is 8.06. The summed E-state index contributed by atoms with van der Waals surface area (Å²) in [6, 6.07) is 9.85. The van der Waals surface area contributed by atoms with Crippen LogP contribution in [0.4, 0.5) is 11.4 Å². The van der Waals surface area contributed by atoms with Crippen molar-refractivity contribution >= 4 is 45.0 Å². The highest BCUT2D eigenvalue weighted by Crippen LogP contribution is 2.37. The highest BCUT2D eigenvalue weighted by molar-refractivity contribution is 7.89. The lowest BCUT2D eigenvalue weighted by Gasteiger charge is -2.50. The molecule has 5 aliphatic heterocycles. The Labute approximate surface area is 271 Å². The van der Waals surface area contributed by atoms with E-state index in [1.807, 2.05) is 6.07 Å². The number of piperazine rings is 1. The second kappa shape index (κ2) is 12.1. The van der Waals surface area contributed by atoms with E-state index in [1.54, 1.807) is 12.1 Å². The van der Waals surface area contributed by atoms with E-state index < -0.39 is 44.6 Å². The topological polar surface area (TPSA) is 174 Å². The van der Waals surface area contributed by atoms with Gasteiger partial charge in [-0.3, -0.25) is 49.3 Å². The molecule has 0 bridgehead atoms. The van der Waals surface area contributed by atoms with Crippen LogP contribution in [0.5, 0.6) is 0 Å². The number of piperidine rings is 2. The van der Waals surface area contributed by atoms with Crippen molar-refractivity contribution in [1.82, 2.24) is 24.3 Å². The van der Waals surface area contributed by atoms with Crippen LogP contribution < -0.4 is 10.2 Å². The standard InChI is InChI=1S/C31H35N7O8S/c39-27-9-8-26(29(40)32-27)37-30(41)24-2-1-3-25(28(24)31(37)42)35-18-22(19-35)33-12-10-20(11-13-33)34-14-16-36(17-15-34)47(45,46)23-6-4-21(5-7-23)38(43)44/h1-7,20,22,26H,8-19H2,(H,32,39,40). The maximum absolute atomic E-state index is 13.5. The fourth-order valence-electron chi connectivity index (χ4n) is 7.46. The third-order valence-corrected chi connectivity index (χ3v) is 12.1. The Hall–Kier alpha value is -4.25. The zero-order valence-electron chi connectivity index (χ0n) is 25.6. The normalized spacial score (nSPS) is 24.0. The molecule has 16 heteroatoms. The Morgan fingerprint density at radius 2 is 1.45 bits per heavy atom. The molecule has 4 fully saturated rings. The zero-order chi connectivity index (χ0) is 33.0. The van der Waals surface area contributed by atoms with Crippen molar-refractivity contribution in [3.63, 3.8) is 0 Å². The molecule has 248 valence electrons. The SMILES string of the molecule is O=C1CCC(N2C(=O)c3cccc(N4CC(N5CCC(N6CCN(S(=O)(=O)c7ccc([N+](=O)[O-])cc7)CC6)CC5)C4)c3C2=O)C(=O)N1. The van der Waals surface area contributed by atoms with Crippen LogP contribution in [0, 0.1) is 10.1 Å². The highest BCUT2D eigenvalue weighted by atomic mass is 32.2. The molecule has 4 saturated heterocycles.